The number of anilines is 1. The minimum Gasteiger partial charge on any atom is -0.330 e. The van der Waals surface area contributed by atoms with Crippen LogP contribution < -0.4 is 5.32 Å². The van der Waals surface area contributed by atoms with E-state index in [2.05, 4.69) is 46.1 Å². The highest BCUT2D eigenvalue weighted by Crippen LogP contribution is 2.25. The minimum absolute atomic E-state index is 0.111. The largest absolute Gasteiger partial charge is 0.330 e. The van der Waals surface area contributed by atoms with Crippen molar-refractivity contribution in [3.8, 4) is 5.95 Å². The zero-order valence-electron chi connectivity index (χ0n) is 16.7. The van der Waals surface area contributed by atoms with E-state index in [-0.39, 0.29) is 11.3 Å². The van der Waals surface area contributed by atoms with Gasteiger partial charge in [0.25, 0.3) is 5.95 Å². The fourth-order valence-electron chi connectivity index (χ4n) is 3.01. The number of fused-ring (bicyclic) bond motifs is 1. The molecule has 148 valence electrons. The van der Waals surface area contributed by atoms with Gasteiger partial charge in [0, 0.05) is 36.8 Å². The number of hydrogen-bond acceptors (Lipinski definition) is 5. The Kier molecular flexibility index (Phi) is 4.84. The van der Waals surface area contributed by atoms with Crippen molar-refractivity contribution in [3.05, 3.63) is 60.8 Å². The topological polar surface area (TPSA) is 90.5 Å². The summed E-state index contributed by atoms with van der Waals surface area (Å²) in [5.74, 6) is 0.862. The molecule has 4 rings (SSSR count). The van der Waals surface area contributed by atoms with Gasteiger partial charge < -0.3 is 9.88 Å². The number of para-hydroxylation sites is 2. The van der Waals surface area contributed by atoms with Crippen LogP contribution in [0.4, 0.5) is 5.82 Å². The molecular weight excluding hydrogens is 366 g/mol. The average Bonchev–Trinajstić information content (AvgIpc) is 3.31. The Morgan fingerprint density at radius 2 is 1.83 bits per heavy atom. The Hall–Kier alpha value is -3.55. The second-order valence-electron chi connectivity index (χ2n) is 7.85. The lowest BCUT2D eigenvalue weighted by molar-refractivity contribution is -0.116. The first-order valence-corrected chi connectivity index (χ1v) is 9.49. The summed E-state index contributed by atoms with van der Waals surface area (Å²) >= 11 is 0. The molecule has 3 heterocycles. The number of amides is 1. The van der Waals surface area contributed by atoms with E-state index in [1.807, 2.05) is 34.9 Å². The summed E-state index contributed by atoms with van der Waals surface area (Å²) in [6, 6.07) is 11.5. The number of carbonyl (C=O) groups excluding carboxylic acids is 1. The number of nitrogens with one attached hydrogen (secondary N) is 1. The van der Waals surface area contributed by atoms with Crippen LogP contribution in [-0.4, -0.2) is 35.2 Å². The summed E-state index contributed by atoms with van der Waals surface area (Å²) in [6.07, 6.45) is 5.37. The number of carbonyl (C=O) groups is 1. The molecule has 29 heavy (non-hydrogen) atoms. The molecule has 1 aromatic carbocycles. The van der Waals surface area contributed by atoms with Crippen molar-refractivity contribution >= 4 is 22.8 Å². The van der Waals surface area contributed by atoms with Gasteiger partial charge in [-0.2, -0.15) is 9.78 Å². The van der Waals surface area contributed by atoms with E-state index in [9.17, 15) is 4.79 Å². The fourth-order valence-corrected chi connectivity index (χ4v) is 3.01. The number of aryl methyl sites for hydroxylation is 1. The van der Waals surface area contributed by atoms with E-state index in [0.29, 0.717) is 24.7 Å². The summed E-state index contributed by atoms with van der Waals surface area (Å²) in [5.41, 5.74) is 2.61. The molecule has 0 radical (unpaired) electrons. The van der Waals surface area contributed by atoms with Crippen LogP contribution in [0, 0.1) is 0 Å². The molecule has 0 saturated heterocycles. The third-order valence-electron chi connectivity index (χ3n) is 4.59. The van der Waals surface area contributed by atoms with E-state index in [4.69, 9.17) is 0 Å². The van der Waals surface area contributed by atoms with E-state index in [1.165, 1.54) is 0 Å². The van der Waals surface area contributed by atoms with E-state index >= 15 is 0 Å². The van der Waals surface area contributed by atoms with Crippen molar-refractivity contribution in [1.82, 2.24) is 29.3 Å². The van der Waals surface area contributed by atoms with Crippen molar-refractivity contribution in [2.24, 2.45) is 0 Å². The molecule has 0 aliphatic heterocycles. The summed E-state index contributed by atoms with van der Waals surface area (Å²) in [7, 11) is 0. The summed E-state index contributed by atoms with van der Waals surface area (Å²) in [4.78, 5) is 25.5. The van der Waals surface area contributed by atoms with Gasteiger partial charge in [-0.25, -0.2) is 15.0 Å². The normalized spacial score (nSPS) is 11.7. The molecule has 0 saturated carbocycles. The van der Waals surface area contributed by atoms with Crippen LogP contribution in [0.1, 0.15) is 32.9 Å². The number of imidazole rings is 1. The van der Waals surface area contributed by atoms with Crippen molar-refractivity contribution in [1.29, 1.82) is 0 Å². The highest BCUT2D eigenvalue weighted by molar-refractivity contribution is 5.90. The van der Waals surface area contributed by atoms with Crippen molar-refractivity contribution < 1.29 is 4.79 Å². The van der Waals surface area contributed by atoms with Gasteiger partial charge in [0.1, 0.15) is 5.82 Å². The lowest BCUT2D eigenvalue weighted by atomic mass is 9.92. The van der Waals surface area contributed by atoms with Crippen molar-refractivity contribution in [2.45, 2.75) is 39.2 Å². The van der Waals surface area contributed by atoms with Gasteiger partial charge in [-0.05, 0) is 18.2 Å². The summed E-state index contributed by atoms with van der Waals surface area (Å²) in [5, 5.41) is 7.58. The van der Waals surface area contributed by atoms with Gasteiger partial charge in [-0.15, -0.1) is 0 Å². The number of rotatable bonds is 5. The lowest BCUT2D eigenvalue weighted by Gasteiger charge is -2.13. The maximum atomic E-state index is 12.7. The second-order valence-corrected chi connectivity index (χ2v) is 7.85. The predicted molar refractivity (Wildman–Crippen MR) is 111 cm³/mol. The number of nitrogens with zero attached hydrogens (tertiary/aromatic N) is 6. The smallest absolute Gasteiger partial charge is 0.252 e. The van der Waals surface area contributed by atoms with Gasteiger partial charge in [-0.1, -0.05) is 32.9 Å². The Bertz CT molecular complexity index is 1140. The molecule has 1 N–H and O–H groups in total. The van der Waals surface area contributed by atoms with Crippen LogP contribution in [0.2, 0.25) is 0 Å². The van der Waals surface area contributed by atoms with Gasteiger partial charge in [-0.3, -0.25) is 4.79 Å². The standard InChI is InChI=1S/C21H23N7O/c1-21(2,3)17-13-18(28(26-17)20-22-10-6-11-23-20)25-19(29)9-12-27-14-24-15-7-4-5-8-16(15)27/h4-8,10-11,13-14H,9,12H2,1-3H3,(H,25,29). The monoisotopic (exact) mass is 389 g/mol. The molecule has 0 spiro atoms. The SMILES string of the molecule is CC(C)(C)c1cc(NC(=O)CCn2cnc3ccccc32)n(-c2ncccn2)n1. The minimum atomic E-state index is -0.171. The average molecular weight is 389 g/mol. The lowest BCUT2D eigenvalue weighted by Crippen LogP contribution is -2.17. The first-order chi connectivity index (χ1) is 13.9. The first kappa shape index (κ1) is 18.8. The van der Waals surface area contributed by atoms with Crippen LogP contribution in [-0.2, 0) is 16.8 Å². The van der Waals surface area contributed by atoms with E-state index in [0.717, 1.165) is 16.7 Å². The Labute approximate surface area is 168 Å². The molecule has 0 unspecified atom stereocenters. The highest BCUT2D eigenvalue weighted by Gasteiger charge is 2.22. The Morgan fingerprint density at radius 1 is 1.07 bits per heavy atom. The van der Waals surface area contributed by atoms with Crippen LogP contribution in [0.25, 0.3) is 17.0 Å². The molecular formula is C21H23N7O. The fraction of sp³-hybridized carbons (Fsp3) is 0.286. The van der Waals surface area contributed by atoms with Crippen LogP contribution >= 0.6 is 0 Å². The molecule has 4 aromatic rings. The Morgan fingerprint density at radius 3 is 2.59 bits per heavy atom. The predicted octanol–water partition coefficient (Wildman–Crippen LogP) is 3.34. The number of hydrogen-bond donors (Lipinski definition) is 1. The highest BCUT2D eigenvalue weighted by atomic mass is 16.1. The maximum Gasteiger partial charge on any atom is 0.252 e. The molecule has 0 atom stereocenters. The van der Waals surface area contributed by atoms with Gasteiger partial charge in [0.15, 0.2) is 0 Å². The van der Waals surface area contributed by atoms with Crippen LogP contribution in [0.15, 0.2) is 55.1 Å². The third kappa shape index (κ3) is 4.01. The molecule has 0 aliphatic carbocycles. The van der Waals surface area contributed by atoms with Crippen molar-refractivity contribution in [2.75, 3.05) is 5.32 Å². The van der Waals surface area contributed by atoms with Gasteiger partial charge in [0.05, 0.1) is 23.1 Å². The molecule has 0 bridgehead atoms. The van der Waals surface area contributed by atoms with E-state index < -0.39 is 0 Å². The summed E-state index contributed by atoms with van der Waals surface area (Å²) < 4.78 is 3.55. The number of aromatic nitrogens is 6. The van der Waals surface area contributed by atoms with Gasteiger partial charge in [0.2, 0.25) is 5.91 Å². The second kappa shape index (κ2) is 7.46. The first-order valence-electron chi connectivity index (χ1n) is 9.49. The van der Waals surface area contributed by atoms with Gasteiger partial charge >= 0.3 is 0 Å². The maximum absolute atomic E-state index is 12.7. The molecule has 8 nitrogen and oxygen atoms in total. The van der Waals surface area contributed by atoms with Crippen molar-refractivity contribution in [3.63, 3.8) is 0 Å². The summed E-state index contributed by atoms with van der Waals surface area (Å²) in [6.45, 7) is 6.75. The third-order valence-corrected chi connectivity index (χ3v) is 4.59. The Balaban J connectivity index is 1.53. The zero-order valence-corrected chi connectivity index (χ0v) is 16.7. The molecule has 8 heteroatoms. The molecule has 3 aromatic heterocycles. The van der Waals surface area contributed by atoms with E-state index in [1.54, 1.807) is 29.5 Å². The quantitative estimate of drug-likeness (QED) is 0.565. The number of benzene rings is 1. The molecule has 1 amide bonds. The zero-order chi connectivity index (χ0) is 20.4. The van der Waals surface area contributed by atoms with Crippen LogP contribution in [0.3, 0.4) is 0 Å². The molecule has 0 fully saturated rings. The molecule has 0 aliphatic rings. The van der Waals surface area contributed by atoms with Crippen LogP contribution in [0.5, 0.6) is 0 Å².